The molecule has 0 aromatic carbocycles. The number of hydrogen-bond donors (Lipinski definition) is 1. The number of nitrogens with one attached hydrogen (secondary N) is 1. The van der Waals surface area contributed by atoms with Crippen molar-refractivity contribution < 1.29 is 0 Å². The molecule has 0 aliphatic carbocycles. The van der Waals surface area contributed by atoms with E-state index in [1.807, 2.05) is 6.07 Å². The number of alkyl halides is 1. The van der Waals surface area contributed by atoms with Gasteiger partial charge in [0.2, 0.25) is 0 Å². The molecule has 1 atom stereocenters. The Balaban J connectivity index is 2.70. The average Bonchev–Trinajstić information content (AvgIpc) is 2.25. The summed E-state index contributed by atoms with van der Waals surface area (Å²) in [6, 6.07) is 2.23. The van der Waals surface area contributed by atoms with Crippen LogP contribution in [0.4, 0.5) is 5.82 Å². The third kappa shape index (κ3) is 3.67. The van der Waals surface area contributed by atoms with E-state index in [2.05, 4.69) is 36.1 Å². The molecule has 1 rings (SSSR count). The summed E-state index contributed by atoms with van der Waals surface area (Å²) in [4.78, 5) is 8.33. The smallest absolute Gasteiger partial charge is 0.129 e. The molecule has 1 aromatic heterocycles. The molecule has 0 radical (unpaired) electrons. The minimum absolute atomic E-state index is 0.256. The fourth-order valence-electron chi connectivity index (χ4n) is 1.24. The molecule has 1 unspecified atom stereocenters. The summed E-state index contributed by atoms with van der Waals surface area (Å²) in [7, 11) is 0. The van der Waals surface area contributed by atoms with Crippen molar-refractivity contribution in [1.29, 1.82) is 0 Å². The van der Waals surface area contributed by atoms with Crippen molar-refractivity contribution in [2.75, 3.05) is 11.2 Å². The highest BCUT2D eigenvalue weighted by Gasteiger charge is 2.12. The Morgan fingerprint density at radius 1 is 1.40 bits per heavy atom. The number of aryl methyl sites for hydroxylation is 1. The van der Waals surface area contributed by atoms with E-state index in [4.69, 9.17) is 11.6 Å². The van der Waals surface area contributed by atoms with Gasteiger partial charge in [-0.3, -0.25) is 0 Å². The van der Waals surface area contributed by atoms with Crippen molar-refractivity contribution in [2.45, 2.75) is 33.2 Å². The van der Waals surface area contributed by atoms with E-state index < -0.39 is 0 Å². The van der Waals surface area contributed by atoms with Crippen molar-refractivity contribution >= 4 is 17.4 Å². The third-order valence-electron chi connectivity index (χ3n) is 2.39. The molecule has 3 nitrogen and oxygen atoms in total. The van der Waals surface area contributed by atoms with E-state index in [0.29, 0.717) is 11.8 Å². The summed E-state index contributed by atoms with van der Waals surface area (Å²) in [6.45, 7) is 6.36. The minimum atomic E-state index is 0.256. The highest BCUT2D eigenvalue weighted by molar-refractivity contribution is 6.18. The van der Waals surface area contributed by atoms with Gasteiger partial charge in [0.1, 0.15) is 12.1 Å². The number of aromatic nitrogens is 2. The molecular formula is C11H18ClN3. The fourth-order valence-corrected chi connectivity index (χ4v) is 1.68. The number of anilines is 1. The van der Waals surface area contributed by atoms with Gasteiger partial charge in [-0.15, -0.1) is 11.6 Å². The maximum atomic E-state index is 5.88. The van der Waals surface area contributed by atoms with Gasteiger partial charge in [-0.1, -0.05) is 20.8 Å². The predicted molar refractivity (Wildman–Crippen MR) is 64.4 cm³/mol. The molecule has 0 amide bonds. The van der Waals surface area contributed by atoms with E-state index >= 15 is 0 Å². The zero-order chi connectivity index (χ0) is 11.3. The zero-order valence-electron chi connectivity index (χ0n) is 9.50. The lowest BCUT2D eigenvalue weighted by Gasteiger charge is -2.20. The summed E-state index contributed by atoms with van der Waals surface area (Å²) in [5, 5.41) is 3.32. The Morgan fingerprint density at radius 3 is 2.67 bits per heavy atom. The molecule has 1 aromatic rings. The first-order valence-corrected chi connectivity index (χ1v) is 5.84. The van der Waals surface area contributed by atoms with Crippen molar-refractivity contribution in [3.8, 4) is 0 Å². The summed E-state index contributed by atoms with van der Waals surface area (Å²) in [5.41, 5.74) is 1.05. The van der Waals surface area contributed by atoms with Gasteiger partial charge >= 0.3 is 0 Å². The van der Waals surface area contributed by atoms with Gasteiger partial charge in [0.15, 0.2) is 0 Å². The van der Waals surface area contributed by atoms with Gasteiger partial charge in [-0.2, -0.15) is 0 Å². The molecule has 1 N–H and O–H groups in total. The molecule has 0 spiro atoms. The van der Waals surface area contributed by atoms with E-state index in [-0.39, 0.29) is 6.04 Å². The van der Waals surface area contributed by atoms with Gasteiger partial charge in [0, 0.05) is 23.7 Å². The number of nitrogens with zero attached hydrogens (tertiary/aromatic N) is 2. The van der Waals surface area contributed by atoms with Crippen LogP contribution in [0, 0.1) is 5.92 Å². The highest BCUT2D eigenvalue weighted by Crippen LogP contribution is 2.12. The van der Waals surface area contributed by atoms with Crippen molar-refractivity contribution in [2.24, 2.45) is 5.92 Å². The molecule has 84 valence electrons. The molecule has 0 saturated carbocycles. The monoisotopic (exact) mass is 227 g/mol. The molecule has 0 bridgehead atoms. The van der Waals surface area contributed by atoms with E-state index in [1.165, 1.54) is 0 Å². The molecule has 1 heterocycles. The Kier molecular flexibility index (Phi) is 4.82. The van der Waals surface area contributed by atoms with Gasteiger partial charge in [-0.25, -0.2) is 9.97 Å². The number of halogens is 1. The molecule has 0 saturated heterocycles. The maximum absolute atomic E-state index is 5.88. The van der Waals surface area contributed by atoms with Crippen LogP contribution in [0.2, 0.25) is 0 Å². The first-order chi connectivity index (χ1) is 7.17. The SMILES string of the molecule is CCc1cc(NC(CCl)C(C)C)ncn1. The van der Waals surface area contributed by atoms with Crippen LogP contribution in [0.15, 0.2) is 12.4 Å². The second-order valence-electron chi connectivity index (χ2n) is 3.90. The van der Waals surface area contributed by atoms with Crippen LogP contribution in [0.1, 0.15) is 26.5 Å². The standard InChI is InChI=1S/C11H18ClN3/c1-4-9-5-11(14-7-13-9)15-10(6-12)8(2)3/h5,7-8,10H,4,6H2,1-3H3,(H,13,14,15). The Labute approximate surface area is 96.3 Å². The number of hydrogen-bond acceptors (Lipinski definition) is 3. The van der Waals surface area contributed by atoms with Crippen LogP contribution in [0.3, 0.4) is 0 Å². The first kappa shape index (κ1) is 12.2. The van der Waals surface area contributed by atoms with E-state index in [0.717, 1.165) is 17.9 Å². The Morgan fingerprint density at radius 2 is 2.13 bits per heavy atom. The first-order valence-electron chi connectivity index (χ1n) is 5.30. The maximum Gasteiger partial charge on any atom is 0.129 e. The van der Waals surface area contributed by atoms with Crippen molar-refractivity contribution in [3.63, 3.8) is 0 Å². The normalized spacial score (nSPS) is 12.9. The number of rotatable bonds is 5. The fraction of sp³-hybridized carbons (Fsp3) is 0.636. The van der Waals surface area contributed by atoms with E-state index in [9.17, 15) is 0 Å². The molecule has 0 fully saturated rings. The zero-order valence-corrected chi connectivity index (χ0v) is 10.3. The Hall–Kier alpha value is -0.830. The lowest BCUT2D eigenvalue weighted by atomic mass is 10.1. The minimum Gasteiger partial charge on any atom is -0.366 e. The lowest BCUT2D eigenvalue weighted by molar-refractivity contribution is 0.562. The second kappa shape index (κ2) is 5.91. The molecular weight excluding hydrogens is 210 g/mol. The Bertz CT molecular complexity index is 302. The van der Waals surface area contributed by atoms with Crippen LogP contribution >= 0.6 is 11.6 Å². The van der Waals surface area contributed by atoms with Gasteiger partial charge in [0.25, 0.3) is 0 Å². The summed E-state index contributed by atoms with van der Waals surface area (Å²) in [5.74, 6) is 1.94. The summed E-state index contributed by atoms with van der Waals surface area (Å²) >= 11 is 5.88. The molecule has 15 heavy (non-hydrogen) atoms. The van der Waals surface area contributed by atoms with Crippen LogP contribution in [-0.4, -0.2) is 21.9 Å². The third-order valence-corrected chi connectivity index (χ3v) is 2.72. The highest BCUT2D eigenvalue weighted by atomic mass is 35.5. The molecule has 4 heteroatoms. The lowest BCUT2D eigenvalue weighted by Crippen LogP contribution is -2.27. The van der Waals surface area contributed by atoms with Gasteiger partial charge < -0.3 is 5.32 Å². The van der Waals surface area contributed by atoms with Crippen LogP contribution < -0.4 is 5.32 Å². The van der Waals surface area contributed by atoms with Crippen LogP contribution in [-0.2, 0) is 6.42 Å². The predicted octanol–water partition coefficient (Wildman–Crippen LogP) is 2.71. The molecule has 0 aliphatic heterocycles. The topological polar surface area (TPSA) is 37.8 Å². The van der Waals surface area contributed by atoms with Gasteiger partial charge in [0.05, 0.1) is 0 Å². The van der Waals surface area contributed by atoms with Crippen molar-refractivity contribution in [1.82, 2.24) is 9.97 Å². The van der Waals surface area contributed by atoms with Gasteiger partial charge in [-0.05, 0) is 12.3 Å². The largest absolute Gasteiger partial charge is 0.366 e. The summed E-state index contributed by atoms with van der Waals surface area (Å²) in [6.07, 6.45) is 2.51. The van der Waals surface area contributed by atoms with Crippen molar-refractivity contribution in [3.05, 3.63) is 18.1 Å². The van der Waals surface area contributed by atoms with E-state index in [1.54, 1.807) is 6.33 Å². The average molecular weight is 228 g/mol. The molecule has 0 aliphatic rings. The second-order valence-corrected chi connectivity index (χ2v) is 4.21. The quantitative estimate of drug-likeness (QED) is 0.786. The van der Waals surface area contributed by atoms with Crippen LogP contribution in [0.5, 0.6) is 0 Å². The summed E-state index contributed by atoms with van der Waals surface area (Å²) < 4.78 is 0. The van der Waals surface area contributed by atoms with Crippen LogP contribution in [0.25, 0.3) is 0 Å².